The largest absolute Gasteiger partial charge is 0.497 e. The Morgan fingerprint density at radius 2 is 1.86 bits per heavy atom. The number of carbonyl (C=O) groups excluding carboxylic acids is 2. The van der Waals surface area contributed by atoms with Crippen molar-refractivity contribution in [3.8, 4) is 11.5 Å². The van der Waals surface area contributed by atoms with E-state index in [-0.39, 0.29) is 18.9 Å². The lowest BCUT2D eigenvalue weighted by molar-refractivity contribution is -0.139. The Labute approximate surface area is 215 Å². The van der Waals surface area contributed by atoms with E-state index in [1.165, 1.54) is 11.8 Å². The van der Waals surface area contributed by atoms with Crippen molar-refractivity contribution in [1.82, 2.24) is 10.2 Å². The van der Waals surface area contributed by atoms with Crippen LogP contribution in [0.15, 0.2) is 70.2 Å². The van der Waals surface area contributed by atoms with Crippen molar-refractivity contribution in [1.29, 1.82) is 0 Å². The molecule has 1 amide bonds. The number of benzene rings is 2. The summed E-state index contributed by atoms with van der Waals surface area (Å²) in [4.78, 5) is 33.0. The molecule has 0 aliphatic carbocycles. The molecule has 0 aromatic heterocycles. The molecule has 0 saturated heterocycles. The fourth-order valence-corrected chi connectivity index (χ4v) is 5.17. The average Bonchev–Trinajstić information content (AvgIpc) is 3.30. The molecule has 1 atom stereocenters. The highest BCUT2D eigenvalue weighted by Gasteiger charge is 2.43. The summed E-state index contributed by atoms with van der Waals surface area (Å²) >= 11 is 1.42. The SMILES string of the molecule is CCNC(=O)CC1=CSC2=NC(c3ccccc3)=C(C(=O)OCC)[C@@H](c3ccc(OC)cc3OC)N12. The molecule has 0 saturated carbocycles. The summed E-state index contributed by atoms with van der Waals surface area (Å²) < 4.78 is 16.7. The number of methoxy groups -OCH3 is 2. The maximum atomic E-state index is 13.6. The number of hydrogen-bond acceptors (Lipinski definition) is 8. The van der Waals surface area contributed by atoms with Gasteiger partial charge in [0.1, 0.15) is 11.5 Å². The van der Waals surface area contributed by atoms with Crippen LogP contribution in [-0.4, -0.2) is 49.3 Å². The minimum absolute atomic E-state index is 0.110. The lowest BCUT2D eigenvalue weighted by atomic mass is 9.90. The Morgan fingerprint density at radius 3 is 2.53 bits per heavy atom. The molecule has 0 fully saturated rings. The predicted octanol–water partition coefficient (Wildman–Crippen LogP) is 4.51. The second kappa shape index (κ2) is 11.3. The molecule has 36 heavy (non-hydrogen) atoms. The number of nitrogens with one attached hydrogen (secondary N) is 1. The zero-order chi connectivity index (χ0) is 25.7. The molecule has 2 aliphatic rings. The monoisotopic (exact) mass is 507 g/mol. The lowest BCUT2D eigenvalue weighted by Gasteiger charge is -2.37. The summed E-state index contributed by atoms with van der Waals surface area (Å²) in [5.74, 6) is 0.584. The minimum atomic E-state index is -0.636. The maximum absolute atomic E-state index is 13.6. The summed E-state index contributed by atoms with van der Waals surface area (Å²) in [6.45, 7) is 4.39. The van der Waals surface area contributed by atoms with E-state index in [0.29, 0.717) is 34.5 Å². The highest BCUT2D eigenvalue weighted by molar-refractivity contribution is 8.16. The molecule has 2 aliphatic heterocycles. The minimum Gasteiger partial charge on any atom is -0.497 e. The second-order valence-electron chi connectivity index (χ2n) is 7.98. The topological polar surface area (TPSA) is 89.5 Å². The first-order valence-corrected chi connectivity index (χ1v) is 12.6. The van der Waals surface area contributed by atoms with Crippen LogP contribution in [0.25, 0.3) is 5.70 Å². The van der Waals surface area contributed by atoms with Crippen molar-refractivity contribution < 1.29 is 23.8 Å². The molecule has 1 N–H and O–H groups in total. The molecule has 9 heteroatoms. The zero-order valence-electron chi connectivity index (χ0n) is 20.7. The van der Waals surface area contributed by atoms with Crippen LogP contribution in [0.3, 0.4) is 0 Å². The second-order valence-corrected chi connectivity index (χ2v) is 8.82. The van der Waals surface area contributed by atoms with E-state index in [4.69, 9.17) is 19.2 Å². The molecule has 4 rings (SSSR count). The molecule has 2 heterocycles. The van der Waals surface area contributed by atoms with Gasteiger partial charge in [0.25, 0.3) is 0 Å². The Morgan fingerprint density at radius 1 is 1.08 bits per heavy atom. The number of nitrogens with zero attached hydrogens (tertiary/aromatic N) is 2. The van der Waals surface area contributed by atoms with E-state index in [9.17, 15) is 9.59 Å². The Bertz CT molecular complexity index is 1240. The summed E-state index contributed by atoms with van der Waals surface area (Å²) in [5, 5.41) is 5.43. The lowest BCUT2D eigenvalue weighted by Crippen LogP contribution is -2.38. The smallest absolute Gasteiger partial charge is 0.338 e. The fraction of sp³-hybridized carbons (Fsp3) is 0.296. The maximum Gasteiger partial charge on any atom is 0.338 e. The normalized spacial score (nSPS) is 16.7. The van der Waals surface area contributed by atoms with Crippen molar-refractivity contribution in [2.24, 2.45) is 4.99 Å². The van der Waals surface area contributed by atoms with Crippen molar-refractivity contribution in [2.45, 2.75) is 26.3 Å². The van der Waals surface area contributed by atoms with Gasteiger partial charge in [-0.05, 0) is 31.4 Å². The van der Waals surface area contributed by atoms with E-state index in [0.717, 1.165) is 16.8 Å². The summed E-state index contributed by atoms with van der Waals surface area (Å²) in [7, 11) is 3.16. The van der Waals surface area contributed by atoms with Crippen LogP contribution in [0.5, 0.6) is 11.5 Å². The molecular weight excluding hydrogens is 478 g/mol. The predicted molar refractivity (Wildman–Crippen MR) is 141 cm³/mol. The average molecular weight is 508 g/mol. The first-order valence-electron chi connectivity index (χ1n) is 11.7. The molecule has 0 spiro atoms. The van der Waals surface area contributed by atoms with Crippen molar-refractivity contribution >= 4 is 34.5 Å². The van der Waals surface area contributed by atoms with Crippen LogP contribution in [0.4, 0.5) is 0 Å². The zero-order valence-corrected chi connectivity index (χ0v) is 21.6. The number of carbonyl (C=O) groups is 2. The summed E-state index contributed by atoms with van der Waals surface area (Å²) in [6.07, 6.45) is 0.144. The van der Waals surface area contributed by atoms with Crippen LogP contribution >= 0.6 is 11.8 Å². The van der Waals surface area contributed by atoms with Gasteiger partial charge in [-0.15, -0.1) is 0 Å². The van der Waals surface area contributed by atoms with Gasteiger partial charge in [0.15, 0.2) is 5.17 Å². The van der Waals surface area contributed by atoms with Crippen molar-refractivity contribution in [3.05, 3.63) is 76.3 Å². The quantitative estimate of drug-likeness (QED) is 0.500. The summed E-state index contributed by atoms with van der Waals surface area (Å²) in [5.41, 5.74) is 3.17. The van der Waals surface area contributed by atoms with Crippen molar-refractivity contribution in [3.63, 3.8) is 0 Å². The number of aliphatic imine (C=N–C) groups is 1. The van der Waals surface area contributed by atoms with E-state index < -0.39 is 12.0 Å². The molecule has 8 nitrogen and oxygen atoms in total. The fourth-order valence-electron chi connectivity index (χ4n) is 4.25. The van der Waals surface area contributed by atoms with Gasteiger partial charge in [-0.25, -0.2) is 9.79 Å². The molecule has 2 aromatic carbocycles. The van der Waals surface area contributed by atoms with Gasteiger partial charge in [-0.3, -0.25) is 4.79 Å². The van der Waals surface area contributed by atoms with E-state index in [2.05, 4.69) is 5.32 Å². The third-order valence-corrected chi connectivity index (χ3v) is 6.69. The third kappa shape index (κ3) is 4.97. The summed E-state index contributed by atoms with van der Waals surface area (Å²) in [6, 6.07) is 14.4. The standard InChI is InChI=1S/C27H29N3O5S/c1-5-28-22(31)14-18-16-36-27-29-24(17-10-8-7-9-11-17)23(26(32)35-6-2)25(30(18)27)20-13-12-19(33-3)15-21(20)34-4/h7-13,15-16,25H,5-6,14H2,1-4H3,(H,28,31)/t25-/m1/s1. The van der Waals surface area contributed by atoms with Crippen LogP contribution in [0.1, 0.15) is 37.4 Å². The van der Waals surface area contributed by atoms with Gasteiger partial charge in [-0.2, -0.15) is 0 Å². The van der Waals surface area contributed by atoms with E-state index in [1.807, 2.05) is 59.7 Å². The van der Waals surface area contributed by atoms with Gasteiger partial charge in [0.2, 0.25) is 5.91 Å². The Hall–Kier alpha value is -3.72. The number of ether oxygens (including phenoxy) is 3. The van der Waals surface area contributed by atoms with Gasteiger partial charge in [0.05, 0.1) is 44.6 Å². The number of amides is 1. The van der Waals surface area contributed by atoms with Gasteiger partial charge in [-0.1, -0.05) is 42.1 Å². The van der Waals surface area contributed by atoms with Crippen LogP contribution in [0, 0.1) is 0 Å². The Kier molecular flexibility index (Phi) is 8.00. The number of esters is 1. The van der Waals surface area contributed by atoms with Gasteiger partial charge < -0.3 is 24.4 Å². The van der Waals surface area contributed by atoms with Gasteiger partial charge in [0, 0.05) is 29.4 Å². The highest BCUT2D eigenvalue weighted by Crippen LogP contribution is 2.49. The molecular formula is C27H29N3O5S. The highest BCUT2D eigenvalue weighted by atomic mass is 32.2. The molecule has 0 unspecified atom stereocenters. The van der Waals surface area contributed by atoms with E-state index >= 15 is 0 Å². The van der Waals surface area contributed by atoms with Crippen molar-refractivity contribution in [2.75, 3.05) is 27.4 Å². The van der Waals surface area contributed by atoms with Crippen LogP contribution in [0.2, 0.25) is 0 Å². The third-order valence-electron chi connectivity index (χ3n) is 5.80. The number of fused-ring (bicyclic) bond motifs is 1. The van der Waals surface area contributed by atoms with Crippen LogP contribution in [-0.2, 0) is 14.3 Å². The van der Waals surface area contributed by atoms with E-state index in [1.54, 1.807) is 27.2 Å². The number of rotatable bonds is 9. The van der Waals surface area contributed by atoms with Gasteiger partial charge >= 0.3 is 5.97 Å². The first kappa shape index (κ1) is 25.4. The van der Waals surface area contributed by atoms with Crippen LogP contribution < -0.4 is 14.8 Å². The molecule has 188 valence electrons. The number of thioether (sulfide) groups is 1. The molecule has 2 aromatic rings. The number of hydrogen-bond donors (Lipinski definition) is 1. The Balaban J connectivity index is 1.95. The number of amidine groups is 1. The molecule has 0 bridgehead atoms. The first-order chi connectivity index (χ1) is 17.5. The molecule has 0 radical (unpaired) electrons.